The van der Waals surface area contributed by atoms with Gasteiger partial charge < -0.3 is 0 Å². The highest BCUT2D eigenvalue weighted by Crippen LogP contribution is 2.69. The van der Waals surface area contributed by atoms with Crippen LogP contribution in [0.1, 0.15) is 124 Å². The number of hydrogen-bond donors (Lipinski definition) is 0. The van der Waals surface area contributed by atoms with Crippen molar-refractivity contribution in [1.29, 1.82) is 0 Å². The van der Waals surface area contributed by atoms with Crippen molar-refractivity contribution in [2.24, 2.45) is 0 Å². The summed E-state index contributed by atoms with van der Waals surface area (Å²) in [7, 11) is 0. The van der Waals surface area contributed by atoms with Crippen LogP contribution in [0.4, 0.5) is 0 Å². The van der Waals surface area contributed by atoms with E-state index < -0.39 is 0 Å². The summed E-state index contributed by atoms with van der Waals surface area (Å²) in [4.78, 5) is 5.39. The molecular formula is C68H56S12. The maximum Gasteiger partial charge on any atom is 0.0717 e. The normalized spacial score (nSPS) is 17.5. The van der Waals surface area contributed by atoms with Gasteiger partial charge >= 0.3 is 0 Å². The van der Waals surface area contributed by atoms with Gasteiger partial charge in [0.1, 0.15) is 0 Å². The zero-order valence-corrected chi connectivity index (χ0v) is 55.2. The Labute approximate surface area is 523 Å². The quantitative estimate of drug-likeness (QED) is 0.120. The maximum atomic E-state index is 2.36. The maximum absolute atomic E-state index is 2.36. The van der Waals surface area contributed by atoms with Gasteiger partial charge in [-0.2, -0.15) is 0 Å². The Morgan fingerprint density at radius 3 is 0.662 bits per heavy atom. The summed E-state index contributed by atoms with van der Waals surface area (Å²) in [5, 5.41) is 8.06. The minimum absolute atomic E-state index is 0.510. The molecule has 400 valence electrons. The lowest BCUT2D eigenvalue weighted by Crippen LogP contribution is -2.16. The van der Waals surface area contributed by atoms with Gasteiger partial charge in [0.25, 0.3) is 0 Å². The number of fused-ring (bicyclic) bond motifs is 2. The summed E-state index contributed by atoms with van der Waals surface area (Å²) in [6, 6.07) is 55.3. The molecule has 0 saturated carbocycles. The van der Waals surface area contributed by atoms with Crippen LogP contribution < -0.4 is 10.4 Å². The summed E-state index contributed by atoms with van der Waals surface area (Å²) in [5.41, 5.74) is 10.7. The molecule has 0 atom stereocenters. The van der Waals surface area contributed by atoms with Crippen molar-refractivity contribution in [2.45, 2.75) is 79.1 Å². The van der Waals surface area contributed by atoms with Gasteiger partial charge in [0.15, 0.2) is 0 Å². The summed E-state index contributed by atoms with van der Waals surface area (Å²) in [6.07, 6.45) is 9.43. The lowest BCUT2D eigenvalue weighted by atomic mass is 9.99. The van der Waals surface area contributed by atoms with E-state index in [1.165, 1.54) is 138 Å². The number of hydrogen-bond acceptors (Lipinski definition) is 12. The van der Waals surface area contributed by atoms with Crippen LogP contribution in [0.5, 0.6) is 0 Å². The molecule has 6 aliphatic heterocycles. The van der Waals surface area contributed by atoms with Crippen molar-refractivity contribution in [2.75, 3.05) is 0 Å². The second-order valence-electron chi connectivity index (χ2n) is 21.2. The van der Waals surface area contributed by atoms with Gasteiger partial charge in [0, 0.05) is 30.1 Å². The summed E-state index contributed by atoms with van der Waals surface area (Å²) < 4.78 is 13.7. The lowest BCUT2D eigenvalue weighted by molar-refractivity contribution is 0.866. The van der Waals surface area contributed by atoms with Gasteiger partial charge in [-0.05, 0) is 114 Å². The zero-order valence-electron chi connectivity index (χ0n) is 45.4. The van der Waals surface area contributed by atoms with Gasteiger partial charge in [0.05, 0.1) is 42.4 Å². The van der Waals surface area contributed by atoms with E-state index >= 15 is 0 Å². The van der Waals surface area contributed by atoms with Gasteiger partial charge in [-0.3, -0.25) is 0 Å². The molecule has 0 aliphatic carbocycles. The van der Waals surface area contributed by atoms with Crippen molar-refractivity contribution >= 4 is 191 Å². The fraction of sp³-hybridized carbons (Fsp3) is 0.176. The van der Waals surface area contributed by atoms with E-state index in [0.717, 1.165) is 0 Å². The predicted octanol–water partition coefficient (Wildman–Crippen LogP) is 24.2. The molecular weight excluding hydrogens is 1200 g/mol. The van der Waals surface area contributed by atoms with Gasteiger partial charge in [-0.15, -0.1) is 0 Å². The highest BCUT2D eigenvalue weighted by Gasteiger charge is 2.34. The fourth-order valence-electron chi connectivity index (χ4n) is 9.99. The Bertz CT molecular complexity index is 3570. The van der Waals surface area contributed by atoms with E-state index in [2.05, 4.69) is 225 Å². The van der Waals surface area contributed by atoms with Crippen LogP contribution in [0.2, 0.25) is 0 Å². The first-order valence-corrected chi connectivity index (χ1v) is 36.7. The summed E-state index contributed by atoms with van der Waals surface area (Å²) in [5.74, 6) is 2.04. The SMILES string of the molecule is CC(C)c1ccc(C2=C(c3ccc(C(C)C)cc3)SC(=CC=C3SC4=C(S3)SC(=c3c5ccccc5c(=C5SC6=C(SC(=CC=C7SC(c8ccc(C(C)C)cc8)=C(c8ccc(C(C)C)cc8)S7)S6)S5)c5ccccc35)S4)S2)cc1. The van der Waals surface area contributed by atoms with Gasteiger partial charge in [0.2, 0.25) is 0 Å². The van der Waals surface area contributed by atoms with E-state index in [1.807, 2.05) is 141 Å². The second kappa shape index (κ2) is 24.1. The summed E-state index contributed by atoms with van der Waals surface area (Å²) >= 11 is 23.3. The Morgan fingerprint density at radius 2 is 0.450 bits per heavy atom. The smallest absolute Gasteiger partial charge is 0.0717 e. The Balaban J connectivity index is 0.733. The monoisotopic (exact) mass is 1260 g/mol. The molecule has 0 unspecified atom stereocenters. The van der Waals surface area contributed by atoms with Crippen molar-refractivity contribution in [3.8, 4) is 0 Å². The molecule has 7 aromatic rings. The van der Waals surface area contributed by atoms with Crippen LogP contribution in [0, 0.1) is 0 Å². The van der Waals surface area contributed by atoms with Gasteiger partial charge in [-0.25, -0.2) is 0 Å². The predicted molar refractivity (Wildman–Crippen MR) is 381 cm³/mol. The highest BCUT2D eigenvalue weighted by atomic mass is 32.3. The van der Waals surface area contributed by atoms with E-state index in [-0.39, 0.29) is 0 Å². The standard InChI is InChI=1S/C68H56S12/c1-37(2)41-17-25-45(26-18-41)59-60(46-27-19-42(20-28-46)38(3)4)70-53(69-59)33-35-55-73-65-66(74-55)78-63(77-65)57-49-13-9-11-15-51(49)58(52-16-12-10-14-50(52)57)64-79-67-68(80-64)76-56(75-67)36-34-54-71-61(47-29-21-43(22-30-47)39(5)6)62(72-54)48-31-23-44(24-32-48)40(7)8/h9-40H,1-8H3. The molecule has 0 N–H and O–H groups in total. The summed E-state index contributed by atoms with van der Waals surface area (Å²) in [6.45, 7) is 18.1. The molecule has 13 rings (SSSR count). The van der Waals surface area contributed by atoms with E-state index in [9.17, 15) is 0 Å². The molecule has 7 aromatic carbocycles. The zero-order chi connectivity index (χ0) is 54.8. The van der Waals surface area contributed by atoms with Crippen molar-refractivity contribution in [1.82, 2.24) is 0 Å². The molecule has 0 saturated heterocycles. The van der Waals surface area contributed by atoms with Crippen LogP contribution in [-0.4, -0.2) is 0 Å². The van der Waals surface area contributed by atoms with Crippen LogP contribution in [0.25, 0.3) is 49.6 Å². The minimum Gasteiger partial charge on any atom is -0.0809 e. The second-order valence-corrected chi connectivity index (χ2v) is 36.2. The fourth-order valence-corrected chi connectivity index (χ4v) is 27.6. The molecule has 80 heavy (non-hydrogen) atoms. The molecule has 0 fully saturated rings. The molecule has 6 heterocycles. The average Bonchev–Trinajstić information content (AvgIpc) is 4.42. The van der Waals surface area contributed by atoms with Crippen LogP contribution in [0.15, 0.2) is 204 Å². The number of allylic oxidation sites excluding steroid dienone is 4. The van der Waals surface area contributed by atoms with E-state index in [0.29, 0.717) is 23.7 Å². The number of rotatable bonds is 10. The molecule has 0 amide bonds. The first-order valence-electron chi connectivity index (χ1n) is 26.9. The van der Waals surface area contributed by atoms with Crippen LogP contribution in [-0.2, 0) is 0 Å². The topological polar surface area (TPSA) is 0 Å². The van der Waals surface area contributed by atoms with Crippen LogP contribution >= 0.6 is 141 Å². The lowest BCUT2D eigenvalue weighted by Gasteiger charge is -2.12. The Hall–Kier alpha value is -3.08. The van der Waals surface area contributed by atoms with Crippen LogP contribution in [0.3, 0.4) is 0 Å². The number of thioether (sulfide) groups is 12. The highest BCUT2D eigenvalue weighted by molar-refractivity contribution is 8.52. The first kappa shape index (κ1) is 56.1. The third-order valence-electron chi connectivity index (χ3n) is 14.5. The van der Waals surface area contributed by atoms with E-state index in [1.54, 1.807) is 0 Å². The van der Waals surface area contributed by atoms with Crippen molar-refractivity contribution < 1.29 is 0 Å². The van der Waals surface area contributed by atoms with Crippen molar-refractivity contribution in [3.05, 3.63) is 259 Å². The molecule has 12 heteroatoms. The first-order chi connectivity index (χ1) is 38.9. The minimum atomic E-state index is 0.510. The molecule has 0 nitrogen and oxygen atoms in total. The van der Waals surface area contributed by atoms with Crippen molar-refractivity contribution in [3.63, 3.8) is 0 Å². The van der Waals surface area contributed by atoms with Gasteiger partial charge in [-0.1, -0.05) is 342 Å². The average molecular weight is 1260 g/mol. The number of benzene rings is 7. The van der Waals surface area contributed by atoms with E-state index in [4.69, 9.17) is 0 Å². The largest absolute Gasteiger partial charge is 0.0809 e. The molecule has 0 spiro atoms. The third-order valence-corrected chi connectivity index (χ3v) is 30.7. The molecule has 0 bridgehead atoms. The molecule has 0 aromatic heterocycles. The Kier molecular flexibility index (Phi) is 16.9. The molecule has 6 aliphatic rings. The Morgan fingerprint density at radius 1 is 0.237 bits per heavy atom. The molecule has 0 radical (unpaired) electrons. The third kappa shape index (κ3) is 11.5.